The van der Waals surface area contributed by atoms with Gasteiger partial charge in [-0.25, -0.2) is 8.42 Å². The molecule has 3 unspecified atom stereocenters. The maximum atomic E-state index is 11.1. The highest BCUT2D eigenvalue weighted by Crippen LogP contribution is 3.40. The summed E-state index contributed by atoms with van der Waals surface area (Å²) < 4.78 is 22.6. The molecule has 0 aromatic rings. The van der Waals surface area contributed by atoms with E-state index in [0.29, 0.717) is 4.38 Å². The predicted octanol–water partition coefficient (Wildman–Crippen LogP) is 2.47. The summed E-state index contributed by atoms with van der Waals surface area (Å²) in [6.45, 7) is -0.198. The van der Waals surface area contributed by atoms with E-state index >= 15 is 0 Å². The van der Waals surface area contributed by atoms with Crippen molar-refractivity contribution < 1.29 is 8.42 Å². The van der Waals surface area contributed by atoms with Crippen LogP contribution in [0.25, 0.3) is 0 Å². The summed E-state index contributed by atoms with van der Waals surface area (Å²) in [5, 5.41) is 0. The van der Waals surface area contributed by atoms with E-state index in [2.05, 4.69) is 0 Å². The van der Waals surface area contributed by atoms with Crippen LogP contribution >= 0.6 is 28.1 Å². The molecule has 3 aliphatic rings. The first kappa shape index (κ1) is 5.99. The third kappa shape index (κ3) is 0.390. The fraction of sp³-hybridized carbons (Fsp3) is 1.00. The van der Waals surface area contributed by atoms with Crippen LogP contribution in [0.3, 0.4) is 0 Å². The number of fused-ring (bicyclic) bond motifs is 1. The third-order valence-electron chi connectivity index (χ3n) is 1.89. The van der Waals surface area contributed by atoms with Crippen molar-refractivity contribution in [1.29, 1.82) is 0 Å². The van der Waals surface area contributed by atoms with Crippen LogP contribution in [0.4, 0.5) is 0 Å². The summed E-state index contributed by atoms with van der Waals surface area (Å²) in [6.07, 6.45) is 1.45. The number of hydrogen-bond donors (Lipinski definition) is 0. The van der Waals surface area contributed by atoms with Gasteiger partial charge in [-0.15, -0.1) is 0 Å². The van der Waals surface area contributed by atoms with E-state index in [1.807, 2.05) is 0 Å². The molecule has 0 saturated carbocycles. The molecule has 7 heteroatoms. The van der Waals surface area contributed by atoms with Crippen molar-refractivity contribution in [1.82, 2.24) is 0 Å². The zero-order valence-electron chi connectivity index (χ0n) is 4.57. The van der Waals surface area contributed by atoms with Crippen LogP contribution in [0, 0.1) is 0 Å². The van der Waals surface area contributed by atoms with Crippen molar-refractivity contribution in [3.05, 3.63) is 0 Å². The lowest BCUT2D eigenvalue weighted by Crippen LogP contribution is -1.83. The Morgan fingerprint density at radius 1 is 1.67 bits per heavy atom. The monoisotopic (exact) mass is 216 g/mol. The smallest absolute Gasteiger partial charge is 0.173 e. The van der Waals surface area contributed by atoms with Gasteiger partial charge in [-0.3, -0.25) is 0 Å². The van der Waals surface area contributed by atoms with E-state index in [9.17, 15) is 8.42 Å². The highest BCUT2D eigenvalue weighted by molar-refractivity contribution is 9.15. The molecule has 0 amide bonds. The van der Waals surface area contributed by atoms with Gasteiger partial charge in [0, 0.05) is 6.26 Å². The molecule has 3 atom stereocenters. The molecule has 3 heterocycles. The Bertz CT molecular complexity index is 416. The average molecular weight is 216 g/mol. The standard InChI is InChI=1S/C2H4O2P4S/c1-9(3,4)8-2(6-8)5-7(2)8/h7H,1H3. The molecule has 0 aromatic heterocycles. The van der Waals surface area contributed by atoms with Gasteiger partial charge < -0.3 is 0 Å². The summed E-state index contributed by atoms with van der Waals surface area (Å²) in [7, 11) is 0.390. The van der Waals surface area contributed by atoms with Crippen LogP contribution in [0.2, 0.25) is 0 Å². The molecule has 2 nitrogen and oxygen atoms in total. The Morgan fingerprint density at radius 2 is 2.22 bits per heavy atom. The van der Waals surface area contributed by atoms with Gasteiger partial charge in [0.05, 0.1) is 5.44 Å². The zero-order valence-corrected chi connectivity index (χ0v) is 9.07. The second-order valence-corrected chi connectivity index (χ2v) is 26.6. The maximum Gasteiger partial charge on any atom is 0.173 e. The summed E-state index contributed by atoms with van der Waals surface area (Å²) in [6, 6.07) is 0. The molecule has 1 spiro atoms. The minimum absolute atomic E-state index is 0.198. The summed E-state index contributed by atoms with van der Waals surface area (Å²) in [5.41, 5.74) is -1.16. The highest BCUT2D eigenvalue weighted by Gasteiger charge is 2.91. The van der Waals surface area contributed by atoms with E-state index in [1.165, 1.54) is 14.1 Å². The molecular formula is C2H4O2P4S. The second-order valence-electron chi connectivity index (χ2n) is 2.48. The summed E-state index contributed by atoms with van der Waals surface area (Å²) in [5.74, 6) is 0. The Balaban J connectivity index is 2.36. The van der Waals surface area contributed by atoms with E-state index in [1.54, 1.807) is 7.87 Å². The molecule has 0 aromatic carbocycles. The first-order valence-corrected chi connectivity index (χ1v) is 12.5. The van der Waals surface area contributed by atoms with Gasteiger partial charge in [-0.2, -0.15) is 0 Å². The van der Waals surface area contributed by atoms with E-state index in [4.69, 9.17) is 0 Å². The molecule has 0 bridgehead atoms. The Morgan fingerprint density at radius 3 is 2.22 bits per heavy atom. The molecular weight excluding hydrogens is 212 g/mol. The van der Waals surface area contributed by atoms with E-state index < -0.39 is 14.9 Å². The lowest BCUT2D eigenvalue weighted by atomic mass is 11.8. The topological polar surface area (TPSA) is 34.1 Å². The lowest BCUT2D eigenvalue weighted by Gasteiger charge is -1.91. The molecule has 3 aliphatic heterocycles. The summed E-state index contributed by atoms with van der Waals surface area (Å²) in [4.78, 5) is 0. The van der Waals surface area contributed by atoms with Crippen molar-refractivity contribution in [2.75, 3.05) is 6.26 Å². The van der Waals surface area contributed by atoms with E-state index in [0.717, 1.165) is 0 Å². The van der Waals surface area contributed by atoms with E-state index in [-0.39, 0.29) is 6.90 Å². The van der Waals surface area contributed by atoms with Gasteiger partial charge in [0.15, 0.2) is 9.46 Å². The lowest BCUT2D eigenvalue weighted by molar-refractivity contribution is 0.615. The van der Waals surface area contributed by atoms with Gasteiger partial charge in [-0.05, 0) is 6.90 Å². The van der Waals surface area contributed by atoms with Crippen LogP contribution < -0.4 is 0 Å². The zero-order chi connectivity index (χ0) is 6.49. The SMILES string of the molecule is CS(=O)(=O)P12=PC13P=[PH]32. The number of rotatable bonds is 1. The predicted molar refractivity (Wildman–Crippen MR) is 46.6 cm³/mol. The van der Waals surface area contributed by atoms with Crippen LogP contribution in [-0.4, -0.2) is 19.1 Å². The van der Waals surface area contributed by atoms with Gasteiger partial charge >= 0.3 is 0 Å². The molecule has 50 valence electrons. The molecule has 1 saturated heterocycles. The Kier molecular flexibility index (Phi) is 0.743. The molecule has 9 heavy (non-hydrogen) atoms. The Hall–Kier alpha value is 1.41. The fourth-order valence-corrected chi connectivity index (χ4v) is 63.5. The van der Waals surface area contributed by atoms with Gasteiger partial charge in [0.1, 0.15) is 4.38 Å². The van der Waals surface area contributed by atoms with Gasteiger partial charge in [0.2, 0.25) is 0 Å². The van der Waals surface area contributed by atoms with Crippen LogP contribution in [0.1, 0.15) is 0 Å². The van der Waals surface area contributed by atoms with Gasteiger partial charge in [-0.1, -0.05) is 15.7 Å². The maximum absolute atomic E-state index is 11.1. The molecule has 1 fully saturated rings. The van der Waals surface area contributed by atoms with Crippen molar-refractivity contribution in [3.63, 3.8) is 0 Å². The van der Waals surface area contributed by atoms with Crippen LogP contribution in [0.5, 0.6) is 0 Å². The third-order valence-corrected chi connectivity index (χ3v) is 46.9. The van der Waals surface area contributed by atoms with Crippen LogP contribution in [0.15, 0.2) is 0 Å². The second kappa shape index (κ2) is 1.12. The Labute approximate surface area is 57.0 Å². The minimum Gasteiger partial charge on any atom is -0.224 e. The fourth-order valence-electron chi connectivity index (χ4n) is 1.21. The van der Waals surface area contributed by atoms with Crippen molar-refractivity contribution in [3.8, 4) is 0 Å². The number of hydrogen-bond acceptors (Lipinski definition) is 2. The first-order valence-electron chi connectivity index (χ1n) is 2.49. The first-order chi connectivity index (χ1) is 4.05. The highest BCUT2D eigenvalue weighted by atomic mass is 33.1. The van der Waals surface area contributed by atoms with Crippen molar-refractivity contribution >= 4 is 37.5 Å². The molecule has 0 aliphatic carbocycles. The largest absolute Gasteiger partial charge is 0.224 e. The molecule has 0 N–H and O–H groups in total. The van der Waals surface area contributed by atoms with Crippen LogP contribution in [-0.2, 0) is 9.46 Å². The van der Waals surface area contributed by atoms with Crippen molar-refractivity contribution in [2.24, 2.45) is 0 Å². The molecule has 0 radical (unpaired) electrons. The quantitative estimate of drug-likeness (QED) is 0.631. The minimum atomic E-state index is -2.53. The normalized spacial score (nSPS) is 67.9. The van der Waals surface area contributed by atoms with Crippen molar-refractivity contribution in [2.45, 2.75) is 4.38 Å². The van der Waals surface area contributed by atoms with Gasteiger partial charge in [0.25, 0.3) is 0 Å². The molecule has 3 rings (SSSR count). The summed E-state index contributed by atoms with van der Waals surface area (Å²) >= 11 is 0. The average Bonchev–Trinajstić information content (AvgIpc) is 2.40.